The first-order valence-electron chi connectivity index (χ1n) is 5.77. The zero-order valence-corrected chi connectivity index (χ0v) is 9.82. The first-order valence-corrected chi connectivity index (χ1v) is 5.77. The minimum atomic E-state index is -0.759. The number of nitrogens with zero attached hydrogens (tertiary/aromatic N) is 1. The zero-order valence-electron chi connectivity index (χ0n) is 9.82. The molecule has 0 bridgehead atoms. The van der Waals surface area contributed by atoms with Crippen molar-refractivity contribution in [1.29, 1.82) is 0 Å². The Bertz CT molecular complexity index is 314. The van der Waals surface area contributed by atoms with Crippen LogP contribution in [-0.2, 0) is 9.59 Å². The van der Waals surface area contributed by atoms with Gasteiger partial charge in [0, 0.05) is 19.5 Å². The molecule has 1 fully saturated rings. The number of likely N-dealkylation sites (tertiary alicyclic amines) is 1. The molecule has 5 nitrogen and oxygen atoms in total. The lowest BCUT2D eigenvalue weighted by Crippen LogP contribution is -2.43. The van der Waals surface area contributed by atoms with Crippen LogP contribution in [0.2, 0.25) is 0 Å². The molecule has 5 heteroatoms. The summed E-state index contributed by atoms with van der Waals surface area (Å²) in [5.74, 6) is 1.89. The number of terminal acetylenes is 1. The summed E-state index contributed by atoms with van der Waals surface area (Å²) in [5, 5.41) is 11.5. The Hall–Kier alpha value is -1.54. The average molecular weight is 238 g/mol. The normalized spacial score (nSPS) is 16.5. The van der Waals surface area contributed by atoms with Gasteiger partial charge in [-0.15, -0.1) is 6.42 Å². The maximum absolute atomic E-state index is 11.7. The summed E-state index contributed by atoms with van der Waals surface area (Å²) in [6, 6.07) is 0. The number of carbonyl (C=O) groups is 2. The molecule has 0 aromatic carbocycles. The highest BCUT2D eigenvalue weighted by molar-refractivity contribution is 5.78. The molecule has 0 unspecified atom stereocenters. The molecule has 2 N–H and O–H groups in total. The average Bonchev–Trinajstić information content (AvgIpc) is 2.29. The minimum absolute atomic E-state index is 0.0361. The van der Waals surface area contributed by atoms with Crippen molar-refractivity contribution in [3.05, 3.63) is 0 Å². The Kier molecular flexibility index (Phi) is 5.50. The summed E-state index contributed by atoms with van der Waals surface area (Å²) in [6.07, 6.45) is 6.81. The number of hydrogen-bond donors (Lipinski definition) is 2. The second kappa shape index (κ2) is 6.92. The highest BCUT2D eigenvalue weighted by Gasteiger charge is 2.23. The van der Waals surface area contributed by atoms with Crippen molar-refractivity contribution in [2.75, 3.05) is 26.2 Å². The molecule has 1 saturated heterocycles. The number of rotatable bonds is 5. The third-order valence-corrected chi connectivity index (χ3v) is 2.93. The standard InChI is InChI=1S/C12H18N2O3/c1-2-5-13-9-11(15)14-6-3-10(4-7-14)8-12(16)17/h1,10,13H,3-9H2,(H,16,17). The topological polar surface area (TPSA) is 69.6 Å². The number of aliphatic carboxylic acids is 1. The minimum Gasteiger partial charge on any atom is -0.481 e. The van der Waals surface area contributed by atoms with E-state index in [1.165, 1.54) is 0 Å². The van der Waals surface area contributed by atoms with Gasteiger partial charge in [-0.3, -0.25) is 14.9 Å². The smallest absolute Gasteiger partial charge is 0.303 e. The molecule has 0 aromatic heterocycles. The van der Waals surface area contributed by atoms with Crippen LogP contribution < -0.4 is 5.32 Å². The van der Waals surface area contributed by atoms with E-state index in [9.17, 15) is 9.59 Å². The fourth-order valence-corrected chi connectivity index (χ4v) is 1.99. The van der Waals surface area contributed by atoms with Gasteiger partial charge in [0.2, 0.25) is 5.91 Å². The van der Waals surface area contributed by atoms with Gasteiger partial charge >= 0.3 is 5.97 Å². The third-order valence-electron chi connectivity index (χ3n) is 2.93. The molecule has 94 valence electrons. The summed E-state index contributed by atoms with van der Waals surface area (Å²) < 4.78 is 0. The monoisotopic (exact) mass is 238 g/mol. The maximum Gasteiger partial charge on any atom is 0.303 e. The molecule has 0 radical (unpaired) electrons. The molecule has 0 saturated carbocycles. The molecule has 0 aliphatic carbocycles. The van der Waals surface area contributed by atoms with Gasteiger partial charge in [-0.25, -0.2) is 0 Å². The number of amides is 1. The summed E-state index contributed by atoms with van der Waals surface area (Å²) in [7, 11) is 0. The first-order chi connectivity index (χ1) is 8.13. The van der Waals surface area contributed by atoms with E-state index in [-0.39, 0.29) is 24.8 Å². The summed E-state index contributed by atoms with van der Waals surface area (Å²) in [4.78, 5) is 24.0. The maximum atomic E-state index is 11.7. The molecule has 1 amide bonds. The van der Waals surface area contributed by atoms with Crippen molar-refractivity contribution in [1.82, 2.24) is 10.2 Å². The Morgan fingerprint density at radius 1 is 1.41 bits per heavy atom. The third kappa shape index (κ3) is 4.87. The van der Waals surface area contributed by atoms with Crippen LogP contribution >= 0.6 is 0 Å². The summed E-state index contributed by atoms with van der Waals surface area (Å²) in [6.45, 7) is 1.94. The van der Waals surface area contributed by atoms with Crippen LogP contribution in [0.4, 0.5) is 0 Å². The van der Waals surface area contributed by atoms with E-state index < -0.39 is 5.97 Å². The van der Waals surface area contributed by atoms with Crippen molar-refractivity contribution in [3.8, 4) is 12.3 Å². The predicted octanol–water partition coefficient (Wildman–Crippen LogP) is -0.0775. The van der Waals surface area contributed by atoms with E-state index in [4.69, 9.17) is 11.5 Å². The molecule has 0 aromatic rings. The van der Waals surface area contributed by atoms with Crippen molar-refractivity contribution in [3.63, 3.8) is 0 Å². The lowest BCUT2D eigenvalue weighted by Gasteiger charge is -2.31. The van der Waals surface area contributed by atoms with Gasteiger partial charge in [0.15, 0.2) is 0 Å². The molecule has 1 heterocycles. The summed E-state index contributed by atoms with van der Waals surface area (Å²) >= 11 is 0. The van der Waals surface area contributed by atoms with Crippen LogP contribution in [-0.4, -0.2) is 48.1 Å². The van der Waals surface area contributed by atoms with E-state index in [1.807, 2.05) is 0 Å². The van der Waals surface area contributed by atoms with E-state index >= 15 is 0 Å². The van der Waals surface area contributed by atoms with Crippen molar-refractivity contribution in [2.45, 2.75) is 19.3 Å². The van der Waals surface area contributed by atoms with Crippen molar-refractivity contribution >= 4 is 11.9 Å². The molecule has 17 heavy (non-hydrogen) atoms. The quantitative estimate of drug-likeness (QED) is 0.519. The van der Waals surface area contributed by atoms with Crippen LogP contribution in [0.5, 0.6) is 0 Å². The Labute approximate surface area is 101 Å². The van der Waals surface area contributed by atoms with Gasteiger partial charge in [0.25, 0.3) is 0 Å². The highest BCUT2D eigenvalue weighted by atomic mass is 16.4. The van der Waals surface area contributed by atoms with Gasteiger partial charge in [0.1, 0.15) is 0 Å². The zero-order chi connectivity index (χ0) is 12.7. The van der Waals surface area contributed by atoms with Crippen molar-refractivity contribution in [2.24, 2.45) is 5.92 Å². The van der Waals surface area contributed by atoms with Gasteiger partial charge < -0.3 is 10.0 Å². The SMILES string of the molecule is C#CCNCC(=O)N1CCC(CC(=O)O)CC1. The fraction of sp³-hybridized carbons (Fsp3) is 0.667. The van der Waals surface area contributed by atoms with Crippen LogP contribution in [0.25, 0.3) is 0 Å². The molecule has 1 rings (SSSR count). The Morgan fingerprint density at radius 3 is 2.59 bits per heavy atom. The van der Waals surface area contributed by atoms with Crippen LogP contribution in [0.1, 0.15) is 19.3 Å². The largest absolute Gasteiger partial charge is 0.481 e. The molecular formula is C12H18N2O3. The van der Waals surface area contributed by atoms with Crippen LogP contribution in [0.3, 0.4) is 0 Å². The van der Waals surface area contributed by atoms with E-state index in [2.05, 4.69) is 11.2 Å². The van der Waals surface area contributed by atoms with Gasteiger partial charge in [0.05, 0.1) is 13.1 Å². The molecule has 0 spiro atoms. The Morgan fingerprint density at radius 2 is 2.06 bits per heavy atom. The van der Waals surface area contributed by atoms with E-state index in [0.29, 0.717) is 19.6 Å². The number of carboxylic acids is 1. The highest BCUT2D eigenvalue weighted by Crippen LogP contribution is 2.20. The van der Waals surface area contributed by atoms with E-state index in [0.717, 1.165) is 12.8 Å². The fourth-order valence-electron chi connectivity index (χ4n) is 1.99. The van der Waals surface area contributed by atoms with Crippen LogP contribution in [0, 0.1) is 18.3 Å². The van der Waals surface area contributed by atoms with E-state index in [1.54, 1.807) is 4.90 Å². The predicted molar refractivity (Wildman–Crippen MR) is 63.3 cm³/mol. The van der Waals surface area contributed by atoms with Gasteiger partial charge in [-0.05, 0) is 18.8 Å². The van der Waals surface area contributed by atoms with Gasteiger partial charge in [-0.2, -0.15) is 0 Å². The second-order valence-corrected chi connectivity index (χ2v) is 4.23. The number of nitrogens with one attached hydrogen (secondary N) is 1. The molecule has 1 aliphatic heterocycles. The van der Waals surface area contributed by atoms with Gasteiger partial charge in [-0.1, -0.05) is 5.92 Å². The van der Waals surface area contributed by atoms with Crippen molar-refractivity contribution < 1.29 is 14.7 Å². The van der Waals surface area contributed by atoms with Crippen LogP contribution in [0.15, 0.2) is 0 Å². The molecule has 1 aliphatic rings. The molecule has 0 atom stereocenters. The lowest BCUT2D eigenvalue weighted by molar-refractivity contribution is -0.138. The second-order valence-electron chi connectivity index (χ2n) is 4.23. The number of piperidine rings is 1. The number of hydrogen-bond acceptors (Lipinski definition) is 3. The summed E-state index contributed by atoms with van der Waals surface area (Å²) in [5.41, 5.74) is 0. The number of carboxylic acid groups (broad SMARTS) is 1. The first kappa shape index (κ1) is 13.5. The number of carbonyl (C=O) groups excluding carboxylic acids is 1. The Balaban J connectivity index is 2.24. The molecular weight excluding hydrogens is 220 g/mol. The lowest BCUT2D eigenvalue weighted by atomic mass is 9.93.